The van der Waals surface area contributed by atoms with Crippen LogP contribution in [0.1, 0.15) is 22.8 Å². The summed E-state index contributed by atoms with van der Waals surface area (Å²) in [6.07, 6.45) is -4.21. The number of halogens is 3. The summed E-state index contributed by atoms with van der Waals surface area (Å²) in [5, 5.41) is 0. The van der Waals surface area contributed by atoms with Crippen LogP contribution in [0.5, 0.6) is 0 Å². The van der Waals surface area contributed by atoms with E-state index in [0.29, 0.717) is 25.2 Å². The number of hydrogen-bond acceptors (Lipinski definition) is 6. The van der Waals surface area contributed by atoms with Gasteiger partial charge in [-0.1, -0.05) is 54.6 Å². The quantitative estimate of drug-likeness (QED) is 0.376. The first kappa shape index (κ1) is 29.2. The monoisotopic (exact) mass is 582 g/mol. The summed E-state index contributed by atoms with van der Waals surface area (Å²) >= 11 is 0. The SMILES string of the molecule is CS(=O)(=O)c1ccccc1S(=O)(=O)N1CCN(CCO[C@@H](c2ccccc2)c2cccc(C(F)(F)F)c2)CC1. The topological polar surface area (TPSA) is 84.0 Å². The number of ether oxygens (including phenoxy) is 1. The average Bonchev–Trinajstić information content (AvgIpc) is 2.91. The van der Waals surface area contributed by atoms with E-state index in [1.807, 2.05) is 11.0 Å². The molecule has 1 aliphatic heterocycles. The Morgan fingerprint density at radius 3 is 2.00 bits per heavy atom. The Bertz CT molecular complexity index is 1490. The Labute approximate surface area is 226 Å². The molecule has 1 fully saturated rings. The minimum absolute atomic E-state index is 0.163. The Morgan fingerprint density at radius 2 is 1.38 bits per heavy atom. The van der Waals surface area contributed by atoms with Crippen molar-refractivity contribution < 1.29 is 34.7 Å². The van der Waals surface area contributed by atoms with Gasteiger partial charge in [0.2, 0.25) is 10.0 Å². The summed E-state index contributed by atoms with van der Waals surface area (Å²) in [5.41, 5.74) is 0.355. The summed E-state index contributed by atoms with van der Waals surface area (Å²) in [6, 6.07) is 19.6. The molecule has 39 heavy (non-hydrogen) atoms. The molecule has 12 heteroatoms. The molecule has 0 aliphatic carbocycles. The van der Waals surface area contributed by atoms with Crippen molar-refractivity contribution in [1.82, 2.24) is 9.21 Å². The van der Waals surface area contributed by atoms with Crippen molar-refractivity contribution in [1.29, 1.82) is 0 Å². The molecule has 0 saturated carbocycles. The predicted molar refractivity (Wildman–Crippen MR) is 140 cm³/mol. The van der Waals surface area contributed by atoms with E-state index >= 15 is 0 Å². The molecular weight excluding hydrogens is 553 g/mol. The molecule has 0 bridgehead atoms. The van der Waals surface area contributed by atoms with Gasteiger partial charge in [0.05, 0.1) is 17.1 Å². The molecule has 1 heterocycles. The second-order valence-corrected chi connectivity index (χ2v) is 13.1. The molecule has 0 spiro atoms. The fraction of sp³-hybridized carbons (Fsp3) is 0.333. The third-order valence-corrected chi connectivity index (χ3v) is 9.75. The molecule has 7 nitrogen and oxygen atoms in total. The highest BCUT2D eigenvalue weighted by Gasteiger charge is 2.33. The zero-order valence-corrected chi connectivity index (χ0v) is 22.8. The van der Waals surface area contributed by atoms with E-state index in [-0.39, 0.29) is 29.5 Å². The largest absolute Gasteiger partial charge is 0.416 e. The van der Waals surface area contributed by atoms with Crippen molar-refractivity contribution in [2.24, 2.45) is 0 Å². The van der Waals surface area contributed by atoms with E-state index in [0.717, 1.165) is 24.0 Å². The first-order valence-corrected chi connectivity index (χ1v) is 15.6. The predicted octanol–water partition coefficient (Wildman–Crippen LogP) is 4.22. The van der Waals surface area contributed by atoms with E-state index in [1.165, 1.54) is 34.6 Å². The standard InChI is InChI=1S/C27H29F3N2O5S2/c1-38(33,34)24-12-5-6-13-25(24)39(35,36)32-16-14-31(15-17-32)18-19-37-26(21-8-3-2-4-9-21)22-10-7-11-23(20-22)27(28,29)30/h2-13,20,26H,14-19H2,1H3/t26-/m0/s1. The summed E-state index contributed by atoms with van der Waals surface area (Å²) in [6.45, 7) is 1.76. The smallest absolute Gasteiger partial charge is 0.367 e. The lowest BCUT2D eigenvalue weighted by Crippen LogP contribution is -2.49. The van der Waals surface area contributed by atoms with E-state index < -0.39 is 37.7 Å². The molecule has 0 aromatic heterocycles. The van der Waals surface area contributed by atoms with Crippen LogP contribution in [-0.4, -0.2) is 71.6 Å². The first-order chi connectivity index (χ1) is 18.4. The number of piperazine rings is 1. The van der Waals surface area contributed by atoms with Gasteiger partial charge in [-0.15, -0.1) is 0 Å². The van der Waals surface area contributed by atoms with Crippen LogP contribution >= 0.6 is 0 Å². The number of sulfone groups is 1. The molecule has 0 amide bonds. The molecule has 0 unspecified atom stereocenters. The fourth-order valence-electron chi connectivity index (χ4n) is 4.49. The molecule has 3 aromatic rings. The van der Waals surface area contributed by atoms with E-state index in [1.54, 1.807) is 30.3 Å². The minimum Gasteiger partial charge on any atom is -0.367 e. The number of rotatable bonds is 9. The van der Waals surface area contributed by atoms with Crippen LogP contribution < -0.4 is 0 Å². The average molecular weight is 583 g/mol. The van der Waals surface area contributed by atoms with Gasteiger partial charge < -0.3 is 4.74 Å². The zero-order valence-electron chi connectivity index (χ0n) is 21.2. The van der Waals surface area contributed by atoms with Crippen molar-refractivity contribution in [3.63, 3.8) is 0 Å². The summed E-state index contributed by atoms with van der Waals surface area (Å²) < 4.78 is 98.0. The summed E-state index contributed by atoms with van der Waals surface area (Å²) in [5.74, 6) is 0. The molecule has 1 aliphatic rings. The van der Waals surface area contributed by atoms with Crippen molar-refractivity contribution in [2.75, 3.05) is 45.6 Å². The van der Waals surface area contributed by atoms with Crippen LogP contribution in [-0.2, 0) is 30.8 Å². The highest BCUT2D eigenvalue weighted by atomic mass is 32.2. The van der Waals surface area contributed by atoms with Gasteiger partial charge in [-0.2, -0.15) is 17.5 Å². The summed E-state index contributed by atoms with van der Waals surface area (Å²) in [7, 11) is -7.76. The molecule has 1 saturated heterocycles. The lowest BCUT2D eigenvalue weighted by Gasteiger charge is -2.34. The van der Waals surface area contributed by atoms with Crippen LogP contribution in [0.3, 0.4) is 0 Å². The van der Waals surface area contributed by atoms with E-state index in [4.69, 9.17) is 4.74 Å². The second kappa shape index (κ2) is 11.8. The number of sulfonamides is 1. The van der Waals surface area contributed by atoms with Gasteiger partial charge in [0.1, 0.15) is 11.0 Å². The molecule has 210 valence electrons. The summed E-state index contributed by atoms with van der Waals surface area (Å²) in [4.78, 5) is 1.53. The Morgan fingerprint density at radius 1 is 0.795 bits per heavy atom. The van der Waals surface area contributed by atoms with Crippen molar-refractivity contribution in [3.05, 3.63) is 95.6 Å². The van der Waals surface area contributed by atoms with Gasteiger partial charge in [-0.05, 0) is 35.4 Å². The Balaban J connectivity index is 1.41. The highest BCUT2D eigenvalue weighted by molar-refractivity contribution is 7.93. The van der Waals surface area contributed by atoms with Gasteiger partial charge in [0, 0.05) is 39.0 Å². The molecule has 1 atom stereocenters. The van der Waals surface area contributed by atoms with E-state index in [2.05, 4.69) is 0 Å². The Hall–Kier alpha value is -2.77. The molecule has 0 N–H and O–H groups in total. The number of hydrogen-bond donors (Lipinski definition) is 0. The van der Waals surface area contributed by atoms with Crippen molar-refractivity contribution in [3.8, 4) is 0 Å². The van der Waals surface area contributed by atoms with Gasteiger partial charge in [0.25, 0.3) is 0 Å². The lowest BCUT2D eigenvalue weighted by atomic mass is 9.99. The van der Waals surface area contributed by atoms with Crippen LogP contribution in [0.25, 0.3) is 0 Å². The van der Waals surface area contributed by atoms with Gasteiger partial charge in [-0.3, -0.25) is 4.90 Å². The molecule has 0 radical (unpaired) electrons. The van der Waals surface area contributed by atoms with Crippen molar-refractivity contribution >= 4 is 19.9 Å². The van der Waals surface area contributed by atoms with Crippen LogP contribution in [0.2, 0.25) is 0 Å². The maximum Gasteiger partial charge on any atom is 0.416 e. The lowest BCUT2D eigenvalue weighted by molar-refractivity contribution is -0.137. The normalized spacial score (nSPS) is 16.7. The van der Waals surface area contributed by atoms with Gasteiger partial charge >= 0.3 is 6.18 Å². The number of alkyl halides is 3. The van der Waals surface area contributed by atoms with E-state index in [9.17, 15) is 30.0 Å². The van der Waals surface area contributed by atoms with Crippen LogP contribution in [0.4, 0.5) is 13.2 Å². The maximum atomic E-state index is 13.3. The second-order valence-electron chi connectivity index (χ2n) is 9.25. The number of benzene rings is 3. The van der Waals surface area contributed by atoms with Gasteiger partial charge in [0.15, 0.2) is 9.84 Å². The van der Waals surface area contributed by atoms with Gasteiger partial charge in [-0.25, -0.2) is 16.8 Å². The molecule has 4 rings (SSSR count). The molecular formula is C27H29F3N2O5S2. The number of nitrogens with zero attached hydrogens (tertiary/aromatic N) is 2. The van der Waals surface area contributed by atoms with Crippen LogP contribution in [0, 0.1) is 0 Å². The van der Waals surface area contributed by atoms with Crippen LogP contribution in [0.15, 0.2) is 88.7 Å². The molecule has 3 aromatic carbocycles. The third-order valence-electron chi connectivity index (χ3n) is 6.51. The minimum atomic E-state index is -4.47. The van der Waals surface area contributed by atoms with Crippen molar-refractivity contribution in [2.45, 2.75) is 22.1 Å². The maximum absolute atomic E-state index is 13.3. The Kier molecular flexibility index (Phi) is 8.82. The fourth-order valence-corrected chi connectivity index (χ4v) is 7.52. The highest BCUT2D eigenvalue weighted by Crippen LogP contribution is 2.33. The third kappa shape index (κ3) is 7.06. The first-order valence-electron chi connectivity index (χ1n) is 12.2. The zero-order chi connectivity index (χ0) is 28.3.